The highest BCUT2D eigenvalue weighted by atomic mass is 32.2. The topological polar surface area (TPSA) is 43.4 Å². The van der Waals surface area contributed by atoms with Gasteiger partial charge in [-0.15, -0.1) is 0 Å². The number of hydrogen-bond donors (Lipinski definition) is 0. The molecule has 0 bridgehead atoms. The van der Waals surface area contributed by atoms with Crippen molar-refractivity contribution in [3.63, 3.8) is 0 Å². The Labute approximate surface area is 126 Å². The lowest BCUT2D eigenvalue weighted by Gasteiger charge is -2.12. The van der Waals surface area contributed by atoms with Crippen molar-refractivity contribution in [3.8, 4) is 5.75 Å². The van der Waals surface area contributed by atoms with Gasteiger partial charge in [-0.05, 0) is 43.7 Å². The van der Waals surface area contributed by atoms with Crippen LogP contribution in [0.2, 0.25) is 0 Å². The second kappa shape index (κ2) is 5.64. The average molecular weight is 330 g/mol. The molecule has 3 nitrogen and oxygen atoms in total. The van der Waals surface area contributed by atoms with Gasteiger partial charge in [-0.3, -0.25) is 0 Å². The van der Waals surface area contributed by atoms with Gasteiger partial charge < -0.3 is 4.18 Å². The molecule has 0 saturated heterocycles. The van der Waals surface area contributed by atoms with Crippen LogP contribution in [0.4, 0.5) is 13.2 Å². The predicted molar refractivity (Wildman–Crippen MR) is 75.2 cm³/mol. The quantitative estimate of drug-likeness (QED) is 0.796. The van der Waals surface area contributed by atoms with Crippen molar-refractivity contribution in [2.75, 3.05) is 0 Å². The number of halogens is 3. The Morgan fingerprint density at radius 3 is 2.09 bits per heavy atom. The Hall–Kier alpha value is -2.02. The Balaban J connectivity index is 2.39. The summed E-state index contributed by atoms with van der Waals surface area (Å²) in [6, 6.07) is 8.57. The van der Waals surface area contributed by atoms with Crippen molar-refractivity contribution in [3.05, 3.63) is 59.2 Å². The number of benzene rings is 2. The first-order valence-electron chi connectivity index (χ1n) is 6.28. The van der Waals surface area contributed by atoms with Gasteiger partial charge in [0.15, 0.2) is 0 Å². The molecule has 0 N–H and O–H groups in total. The molecule has 2 rings (SSSR count). The van der Waals surface area contributed by atoms with Crippen LogP contribution in [0.15, 0.2) is 47.4 Å². The maximum atomic E-state index is 12.7. The van der Waals surface area contributed by atoms with Gasteiger partial charge in [0.05, 0.1) is 5.56 Å². The molecule has 0 unspecified atom stereocenters. The minimum Gasteiger partial charge on any atom is -0.379 e. The fourth-order valence-electron chi connectivity index (χ4n) is 1.74. The van der Waals surface area contributed by atoms with Crippen molar-refractivity contribution in [1.29, 1.82) is 0 Å². The van der Waals surface area contributed by atoms with E-state index in [1.807, 2.05) is 0 Å². The lowest BCUT2D eigenvalue weighted by molar-refractivity contribution is -0.137. The largest absolute Gasteiger partial charge is 0.416 e. The summed E-state index contributed by atoms with van der Waals surface area (Å²) in [7, 11) is -4.18. The van der Waals surface area contributed by atoms with Gasteiger partial charge in [-0.1, -0.05) is 23.8 Å². The molecule has 2 aromatic carbocycles. The fraction of sp³-hybridized carbons (Fsp3) is 0.200. The SMILES string of the molecule is Cc1ccc(S(=O)(=O)Oc2cc(C(F)(F)F)ccc2C)cc1. The van der Waals surface area contributed by atoms with Crippen molar-refractivity contribution < 1.29 is 25.8 Å². The van der Waals surface area contributed by atoms with Crippen LogP contribution in [0, 0.1) is 13.8 Å². The normalized spacial score (nSPS) is 12.2. The van der Waals surface area contributed by atoms with Crippen LogP contribution < -0.4 is 4.18 Å². The molecule has 0 spiro atoms. The maximum absolute atomic E-state index is 12.7. The van der Waals surface area contributed by atoms with Crippen LogP contribution in [-0.4, -0.2) is 8.42 Å². The molecule has 2 aromatic rings. The second-order valence-electron chi connectivity index (χ2n) is 4.83. The first-order chi connectivity index (χ1) is 10.1. The highest BCUT2D eigenvalue weighted by Gasteiger charge is 2.31. The predicted octanol–water partition coefficient (Wildman–Crippen LogP) is 4.09. The minimum absolute atomic E-state index is 0.116. The van der Waals surface area contributed by atoms with E-state index in [4.69, 9.17) is 4.18 Å². The number of alkyl halides is 3. The third-order valence-corrected chi connectivity index (χ3v) is 4.27. The Kier molecular flexibility index (Phi) is 4.19. The third-order valence-electron chi connectivity index (χ3n) is 3.02. The summed E-state index contributed by atoms with van der Waals surface area (Å²) >= 11 is 0. The van der Waals surface area contributed by atoms with E-state index in [0.29, 0.717) is 11.6 Å². The van der Waals surface area contributed by atoms with Crippen LogP contribution in [0.3, 0.4) is 0 Å². The minimum atomic E-state index is -4.57. The smallest absolute Gasteiger partial charge is 0.379 e. The van der Waals surface area contributed by atoms with Gasteiger partial charge in [0.2, 0.25) is 0 Å². The van der Waals surface area contributed by atoms with E-state index in [1.165, 1.54) is 25.1 Å². The van der Waals surface area contributed by atoms with E-state index in [9.17, 15) is 21.6 Å². The summed E-state index contributed by atoms with van der Waals surface area (Å²) in [5.41, 5.74) is 0.185. The molecule has 0 heterocycles. The standard InChI is InChI=1S/C15H13F3O3S/c1-10-3-7-13(8-4-10)22(19,20)21-14-9-12(15(16,17)18)6-5-11(14)2/h3-9H,1-2H3. The van der Waals surface area contributed by atoms with Crippen molar-refractivity contribution in [1.82, 2.24) is 0 Å². The van der Waals surface area contributed by atoms with Gasteiger partial charge in [0.25, 0.3) is 0 Å². The third kappa shape index (κ3) is 3.59. The number of rotatable bonds is 3. The molecular formula is C15H13F3O3S. The van der Waals surface area contributed by atoms with E-state index in [1.54, 1.807) is 19.1 Å². The van der Waals surface area contributed by atoms with Crippen molar-refractivity contribution in [2.45, 2.75) is 24.9 Å². The average Bonchev–Trinajstić information content (AvgIpc) is 2.40. The van der Waals surface area contributed by atoms with Gasteiger partial charge in [-0.2, -0.15) is 21.6 Å². The van der Waals surface area contributed by atoms with Crippen molar-refractivity contribution in [2.24, 2.45) is 0 Å². The van der Waals surface area contributed by atoms with Gasteiger partial charge in [-0.25, -0.2) is 0 Å². The zero-order chi connectivity index (χ0) is 16.5. The second-order valence-corrected chi connectivity index (χ2v) is 6.37. The molecule has 0 fully saturated rings. The van der Waals surface area contributed by atoms with Gasteiger partial charge >= 0.3 is 16.3 Å². The Morgan fingerprint density at radius 1 is 0.955 bits per heavy atom. The summed E-state index contributed by atoms with van der Waals surface area (Å²) in [4.78, 5) is -0.116. The number of hydrogen-bond acceptors (Lipinski definition) is 3. The number of aryl methyl sites for hydroxylation is 2. The molecule has 0 radical (unpaired) electrons. The van der Waals surface area contributed by atoms with Crippen LogP contribution >= 0.6 is 0 Å². The highest BCUT2D eigenvalue weighted by Crippen LogP contribution is 2.33. The Morgan fingerprint density at radius 2 is 1.55 bits per heavy atom. The lowest BCUT2D eigenvalue weighted by Crippen LogP contribution is -2.12. The summed E-state index contributed by atoms with van der Waals surface area (Å²) in [6.07, 6.45) is -4.57. The van der Waals surface area contributed by atoms with E-state index < -0.39 is 21.9 Å². The molecule has 22 heavy (non-hydrogen) atoms. The van der Waals surface area contributed by atoms with E-state index >= 15 is 0 Å². The molecule has 0 aliphatic rings. The zero-order valence-electron chi connectivity index (χ0n) is 11.8. The molecule has 118 valence electrons. The highest BCUT2D eigenvalue weighted by molar-refractivity contribution is 7.87. The summed E-state index contributed by atoms with van der Waals surface area (Å²) < 4.78 is 67.2. The van der Waals surface area contributed by atoms with Crippen LogP contribution in [0.1, 0.15) is 16.7 Å². The maximum Gasteiger partial charge on any atom is 0.416 e. The molecule has 0 atom stereocenters. The fourth-order valence-corrected chi connectivity index (χ4v) is 2.72. The van der Waals surface area contributed by atoms with Crippen LogP contribution in [0.5, 0.6) is 5.75 Å². The molecule has 0 saturated carbocycles. The van der Waals surface area contributed by atoms with Gasteiger partial charge in [0, 0.05) is 0 Å². The van der Waals surface area contributed by atoms with Gasteiger partial charge in [0.1, 0.15) is 10.6 Å². The monoisotopic (exact) mass is 330 g/mol. The molecule has 0 amide bonds. The van der Waals surface area contributed by atoms with Crippen LogP contribution in [0.25, 0.3) is 0 Å². The van der Waals surface area contributed by atoms with Crippen molar-refractivity contribution >= 4 is 10.1 Å². The zero-order valence-corrected chi connectivity index (χ0v) is 12.6. The molecule has 0 aromatic heterocycles. The van der Waals surface area contributed by atoms with E-state index in [2.05, 4.69) is 0 Å². The summed E-state index contributed by atoms with van der Waals surface area (Å²) in [6.45, 7) is 3.26. The summed E-state index contributed by atoms with van der Waals surface area (Å²) in [5.74, 6) is -0.338. The molecule has 0 aliphatic carbocycles. The first kappa shape index (κ1) is 16.4. The lowest BCUT2D eigenvalue weighted by atomic mass is 10.1. The molecular weight excluding hydrogens is 317 g/mol. The Bertz CT molecular complexity index is 779. The molecule has 0 aliphatic heterocycles. The summed E-state index contributed by atoms with van der Waals surface area (Å²) in [5, 5.41) is 0. The van der Waals surface area contributed by atoms with Crippen LogP contribution in [-0.2, 0) is 16.3 Å². The van der Waals surface area contributed by atoms with E-state index in [0.717, 1.165) is 11.6 Å². The molecule has 7 heteroatoms. The van der Waals surface area contributed by atoms with E-state index in [-0.39, 0.29) is 10.6 Å². The first-order valence-corrected chi connectivity index (χ1v) is 7.69.